The molecule has 0 radical (unpaired) electrons. The lowest BCUT2D eigenvalue weighted by Gasteiger charge is -2.17. The Bertz CT molecular complexity index is 529. The number of halogens is 1. The molecule has 108 valence electrons. The summed E-state index contributed by atoms with van der Waals surface area (Å²) in [5.74, 6) is 0.368. The minimum absolute atomic E-state index is 0.102. The van der Waals surface area contributed by atoms with Crippen LogP contribution in [0.15, 0.2) is 18.2 Å². The summed E-state index contributed by atoms with van der Waals surface area (Å²) < 4.78 is 0. The molecule has 1 fully saturated rings. The van der Waals surface area contributed by atoms with Crippen LogP contribution in [0.4, 0.5) is 5.69 Å². The summed E-state index contributed by atoms with van der Waals surface area (Å²) in [6.45, 7) is 2.02. The summed E-state index contributed by atoms with van der Waals surface area (Å²) in [6.07, 6.45) is 4.26. The fourth-order valence-corrected chi connectivity index (χ4v) is 2.35. The Balaban J connectivity index is 2.10. The fraction of sp³-hybridized carbons (Fsp3) is 0.500. The van der Waals surface area contributed by atoms with Crippen molar-refractivity contribution in [2.45, 2.75) is 38.6 Å². The number of rotatable bonds is 6. The first-order valence-corrected chi connectivity index (χ1v) is 7.13. The molecule has 1 aliphatic rings. The molecule has 1 aromatic carbocycles. The highest BCUT2D eigenvalue weighted by molar-refractivity contribution is 6.33. The second-order valence-electron chi connectivity index (χ2n) is 5.18. The normalized spacial score (nSPS) is 15.7. The maximum Gasteiger partial charge on any atom is 0.270 e. The lowest BCUT2D eigenvalue weighted by atomic mass is 10.1. The molecular weight excluding hydrogens is 280 g/mol. The first-order chi connectivity index (χ1) is 9.51. The summed E-state index contributed by atoms with van der Waals surface area (Å²) in [7, 11) is 0. The first-order valence-electron chi connectivity index (χ1n) is 6.76. The molecule has 1 N–H and O–H groups in total. The first kappa shape index (κ1) is 14.8. The second-order valence-corrected chi connectivity index (χ2v) is 5.59. The lowest BCUT2D eigenvalue weighted by Crippen LogP contribution is -2.34. The van der Waals surface area contributed by atoms with Crippen molar-refractivity contribution in [1.29, 1.82) is 0 Å². The Morgan fingerprint density at radius 2 is 2.25 bits per heavy atom. The van der Waals surface area contributed by atoms with E-state index in [9.17, 15) is 14.9 Å². The Hall–Kier alpha value is -1.62. The number of nitro benzene ring substituents is 1. The van der Waals surface area contributed by atoms with Crippen LogP contribution in [-0.4, -0.2) is 16.9 Å². The van der Waals surface area contributed by atoms with Gasteiger partial charge in [0, 0.05) is 18.2 Å². The quantitative estimate of drug-likeness (QED) is 0.644. The predicted molar refractivity (Wildman–Crippen MR) is 77.0 cm³/mol. The number of carbonyl (C=O) groups is 1. The molecule has 6 heteroatoms. The number of nitrogens with one attached hydrogen (secondary N) is 1. The molecule has 0 bridgehead atoms. The van der Waals surface area contributed by atoms with Crippen LogP contribution in [-0.2, 0) is 0 Å². The van der Waals surface area contributed by atoms with Crippen molar-refractivity contribution in [3.8, 4) is 0 Å². The average molecular weight is 297 g/mol. The van der Waals surface area contributed by atoms with Gasteiger partial charge in [0.25, 0.3) is 11.6 Å². The molecule has 0 heterocycles. The average Bonchev–Trinajstić information content (AvgIpc) is 3.21. The summed E-state index contributed by atoms with van der Waals surface area (Å²) in [5.41, 5.74) is 0.0323. The van der Waals surface area contributed by atoms with Gasteiger partial charge in [-0.3, -0.25) is 14.9 Å². The van der Waals surface area contributed by atoms with Gasteiger partial charge in [-0.25, -0.2) is 0 Å². The van der Waals surface area contributed by atoms with Gasteiger partial charge in [-0.1, -0.05) is 31.4 Å². The Labute approximate surface area is 122 Å². The zero-order chi connectivity index (χ0) is 14.7. The lowest BCUT2D eigenvalue weighted by molar-refractivity contribution is -0.384. The molecule has 5 nitrogen and oxygen atoms in total. The number of hydrogen-bond donors (Lipinski definition) is 1. The van der Waals surface area contributed by atoms with Crippen LogP contribution in [0.2, 0.25) is 5.02 Å². The minimum Gasteiger partial charge on any atom is -0.349 e. The van der Waals surface area contributed by atoms with E-state index in [2.05, 4.69) is 5.32 Å². The van der Waals surface area contributed by atoms with E-state index in [1.54, 1.807) is 0 Å². The fourth-order valence-electron chi connectivity index (χ4n) is 2.15. The van der Waals surface area contributed by atoms with Gasteiger partial charge in [0.2, 0.25) is 0 Å². The number of hydrogen-bond acceptors (Lipinski definition) is 3. The van der Waals surface area contributed by atoms with E-state index in [0.717, 1.165) is 12.8 Å². The summed E-state index contributed by atoms with van der Waals surface area (Å²) in [5, 5.41) is 13.9. The summed E-state index contributed by atoms with van der Waals surface area (Å²) in [4.78, 5) is 22.4. The van der Waals surface area contributed by atoms with Crippen molar-refractivity contribution in [3.05, 3.63) is 38.9 Å². The Morgan fingerprint density at radius 1 is 1.55 bits per heavy atom. The third-order valence-electron chi connectivity index (χ3n) is 3.55. The molecule has 1 saturated carbocycles. The predicted octanol–water partition coefficient (Wildman–Crippen LogP) is 3.56. The van der Waals surface area contributed by atoms with Crippen LogP contribution in [0.1, 0.15) is 43.0 Å². The number of nitro groups is 1. The molecule has 0 saturated heterocycles. The standard InChI is InChI=1S/C14H17ClN2O3/c1-2-10(7-9-3-4-9)16-14(18)12-8-11(17(19)20)5-6-13(12)15/h5-6,8-10H,2-4,7H2,1H3,(H,16,18). The highest BCUT2D eigenvalue weighted by atomic mass is 35.5. The maximum absolute atomic E-state index is 12.2. The Kier molecular flexibility index (Phi) is 4.60. The van der Waals surface area contributed by atoms with E-state index in [0.29, 0.717) is 5.92 Å². The van der Waals surface area contributed by atoms with E-state index in [1.807, 2.05) is 6.92 Å². The topological polar surface area (TPSA) is 72.2 Å². The molecule has 1 amide bonds. The summed E-state index contributed by atoms with van der Waals surface area (Å²) >= 11 is 5.96. The number of nitrogens with zero attached hydrogens (tertiary/aromatic N) is 1. The summed E-state index contributed by atoms with van der Waals surface area (Å²) in [6, 6.07) is 4.00. The van der Waals surface area contributed by atoms with Gasteiger partial charge in [0.1, 0.15) is 0 Å². The van der Waals surface area contributed by atoms with E-state index in [4.69, 9.17) is 11.6 Å². The van der Waals surface area contributed by atoms with Gasteiger partial charge in [-0.15, -0.1) is 0 Å². The minimum atomic E-state index is -0.533. The van der Waals surface area contributed by atoms with Gasteiger partial charge >= 0.3 is 0 Å². The number of amides is 1. The molecule has 0 aliphatic heterocycles. The van der Waals surface area contributed by atoms with Gasteiger partial charge in [-0.05, 0) is 24.8 Å². The van der Waals surface area contributed by atoms with Gasteiger partial charge in [-0.2, -0.15) is 0 Å². The molecule has 2 rings (SSSR count). The highest BCUT2D eigenvalue weighted by Gasteiger charge is 2.26. The third kappa shape index (κ3) is 3.70. The molecule has 1 atom stereocenters. The van der Waals surface area contributed by atoms with E-state index >= 15 is 0 Å². The van der Waals surface area contributed by atoms with Crippen molar-refractivity contribution in [3.63, 3.8) is 0 Å². The second kappa shape index (κ2) is 6.22. The van der Waals surface area contributed by atoms with Crippen LogP contribution in [0.3, 0.4) is 0 Å². The van der Waals surface area contributed by atoms with Gasteiger partial charge < -0.3 is 5.32 Å². The van der Waals surface area contributed by atoms with Crippen molar-refractivity contribution in [1.82, 2.24) is 5.32 Å². The van der Waals surface area contributed by atoms with Gasteiger partial charge in [0.05, 0.1) is 15.5 Å². The van der Waals surface area contributed by atoms with Gasteiger partial charge in [0.15, 0.2) is 0 Å². The van der Waals surface area contributed by atoms with E-state index in [-0.39, 0.29) is 28.2 Å². The zero-order valence-corrected chi connectivity index (χ0v) is 12.0. The molecule has 0 spiro atoms. The molecular formula is C14H17ClN2O3. The highest BCUT2D eigenvalue weighted by Crippen LogP contribution is 2.34. The van der Waals surface area contributed by atoms with Crippen LogP contribution in [0, 0.1) is 16.0 Å². The van der Waals surface area contributed by atoms with Crippen LogP contribution in [0.25, 0.3) is 0 Å². The molecule has 1 aliphatic carbocycles. The van der Waals surface area contributed by atoms with Crippen LogP contribution >= 0.6 is 11.6 Å². The molecule has 0 aromatic heterocycles. The number of benzene rings is 1. The number of carbonyl (C=O) groups excluding carboxylic acids is 1. The van der Waals surface area contributed by atoms with E-state index in [1.165, 1.54) is 31.0 Å². The van der Waals surface area contributed by atoms with Crippen molar-refractivity contribution in [2.75, 3.05) is 0 Å². The third-order valence-corrected chi connectivity index (χ3v) is 3.88. The largest absolute Gasteiger partial charge is 0.349 e. The molecule has 20 heavy (non-hydrogen) atoms. The maximum atomic E-state index is 12.2. The van der Waals surface area contributed by atoms with Crippen molar-refractivity contribution >= 4 is 23.2 Å². The smallest absolute Gasteiger partial charge is 0.270 e. The van der Waals surface area contributed by atoms with E-state index < -0.39 is 4.92 Å². The zero-order valence-electron chi connectivity index (χ0n) is 11.3. The monoisotopic (exact) mass is 296 g/mol. The van der Waals surface area contributed by atoms with Crippen molar-refractivity contribution in [2.24, 2.45) is 5.92 Å². The molecule has 1 unspecified atom stereocenters. The Morgan fingerprint density at radius 3 is 2.80 bits per heavy atom. The number of non-ortho nitro benzene ring substituents is 1. The van der Waals surface area contributed by atoms with Crippen LogP contribution < -0.4 is 5.32 Å². The molecule has 1 aromatic rings. The SMILES string of the molecule is CCC(CC1CC1)NC(=O)c1cc([N+](=O)[O-])ccc1Cl. The van der Waals surface area contributed by atoms with Crippen molar-refractivity contribution < 1.29 is 9.72 Å². The van der Waals surface area contributed by atoms with Crippen LogP contribution in [0.5, 0.6) is 0 Å².